The molecule has 1 unspecified atom stereocenters. The van der Waals surface area contributed by atoms with Crippen molar-refractivity contribution in [3.05, 3.63) is 21.4 Å². The molecule has 0 bridgehead atoms. The second-order valence-corrected chi connectivity index (χ2v) is 5.65. The van der Waals surface area contributed by atoms with Gasteiger partial charge in [0.15, 0.2) is 0 Å². The first-order chi connectivity index (χ1) is 7.31. The van der Waals surface area contributed by atoms with Crippen LogP contribution in [0, 0.1) is 5.92 Å². The van der Waals surface area contributed by atoms with Crippen LogP contribution >= 0.6 is 11.3 Å². The molecule has 1 N–H and O–H groups in total. The van der Waals surface area contributed by atoms with Crippen LogP contribution in [0.3, 0.4) is 0 Å². The van der Waals surface area contributed by atoms with E-state index in [9.17, 15) is 0 Å². The number of nitrogens with one attached hydrogen (secondary N) is 1. The van der Waals surface area contributed by atoms with Crippen molar-refractivity contribution in [2.75, 3.05) is 6.54 Å². The van der Waals surface area contributed by atoms with Crippen molar-refractivity contribution < 1.29 is 0 Å². The fourth-order valence-corrected chi connectivity index (χ4v) is 3.56. The van der Waals surface area contributed by atoms with Crippen LogP contribution in [0.2, 0.25) is 0 Å². The largest absolute Gasteiger partial charge is 0.313 e. The third-order valence-electron chi connectivity index (χ3n) is 3.23. The zero-order valence-electron chi connectivity index (χ0n) is 9.81. The third-order valence-corrected chi connectivity index (χ3v) is 4.33. The van der Waals surface area contributed by atoms with Gasteiger partial charge in [-0.15, -0.1) is 11.3 Å². The summed E-state index contributed by atoms with van der Waals surface area (Å²) in [6.45, 7) is 6.81. The molecule has 0 spiro atoms. The molecular formula is C13H21NS. The molecule has 15 heavy (non-hydrogen) atoms. The lowest BCUT2D eigenvalue weighted by atomic mass is 9.88. The fraction of sp³-hybridized carbons (Fsp3) is 0.692. The molecule has 1 atom stereocenters. The van der Waals surface area contributed by atoms with E-state index in [1.54, 1.807) is 16.0 Å². The summed E-state index contributed by atoms with van der Waals surface area (Å²) in [7, 11) is 0. The first kappa shape index (κ1) is 11.2. The summed E-state index contributed by atoms with van der Waals surface area (Å²) >= 11 is 1.97. The number of fused-ring (bicyclic) bond motifs is 1. The zero-order chi connectivity index (χ0) is 10.7. The summed E-state index contributed by atoms with van der Waals surface area (Å²) in [6, 6.07) is 0. The van der Waals surface area contributed by atoms with Crippen molar-refractivity contribution in [3.8, 4) is 0 Å². The Hall–Kier alpha value is -0.340. The second-order valence-electron chi connectivity index (χ2n) is 4.69. The number of rotatable bonds is 4. The average Bonchev–Trinajstić information content (AvgIpc) is 2.61. The molecule has 84 valence electrons. The van der Waals surface area contributed by atoms with Gasteiger partial charge in [-0.05, 0) is 54.7 Å². The smallest absolute Gasteiger partial charge is 0.0216 e. The van der Waals surface area contributed by atoms with Crippen molar-refractivity contribution in [1.29, 1.82) is 0 Å². The van der Waals surface area contributed by atoms with Crippen LogP contribution in [-0.4, -0.2) is 6.54 Å². The van der Waals surface area contributed by atoms with Crippen LogP contribution in [0.4, 0.5) is 0 Å². The molecule has 0 fully saturated rings. The molecule has 0 saturated carbocycles. The maximum Gasteiger partial charge on any atom is 0.0216 e. The highest BCUT2D eigenvalue weighted by Gasteiger charge is 2.19. The quantitative estimate of drug-likeness (QED) is 0.772. The lowest BCUT2D eigenvalue weighted by Crippen LogP contribution is -2.16. The second kappa shape index (κ2) is 5.13. The van der Waals surface area contributed by atoms with Crippen LogP contribution < -0.4 is 5.32 Å². The zero-order valence-corrected chi connectivity index (χ0v) is 10.6. The highest BCUT2D eigenvalue weighted by molar-refractivity contribution is 7.10. The topological polar surface area (TPSA) is 12.0 Å². The molecule has 0 aromatic carbocycles. The van der Waals surface area contributed by atoms with Crippen LogP contribution in [0.25, 0.3) is 0 Å². The first-order valence-electron chi connectivity index (χ1n) is 6.10. The van der Waals surface area contributed by atoms with Crippen LogP contribution in [0.1, 0.15) is 42.7 Å². The summed E-state index contributed by atoms with van der Waals surface area (Å²) in [5.41, 5.74) is 3.23. The van der Waals surface area contributed by atoms with Crippen molar-refractivity contribution in [1.82, 2.24) is 5.32 Å². The molecule has 1 aliphatic rings. The SMILES string of the molecule is CCCNCc1csc2c1CCC(C)C2. The average molecular weight is 223 g/mol. The number of hydrogen-bond acceptors (Lipinski definition) is 2. The van der Waals surface area contributed by atoms with E-state index in [1.165, 1.54) is 25.7 Å². The Kier molecular flexibility index (Phi) is 3.81. The maximum absolute atomic E-state index is 3.51. The molecule has 1 aromatic heterocycles. The normalized spacial score (nSPS) is 20.3. The number of hydrogen-bond donors (Lipinski definition) is 1. The monoisotopic (exact) mass is 223 g/mol. The minimum atomic E-state index is 0.896. The van der Waals surface area contributed by atoms with Gasteiger partial charge in [0.05, 0.1) is 0 Å². The molecule has 2 rings (SSSR count). The Balaban J connectivity index is 2.01. The number of thiophene rings is 1. The molecule has 1 heterocycles. The molecule has 0 saturated heterocycles. The van der Waals surface area contributed by atoms with Gasteiger partial charge >= 0.3 is 0 Å². The summed E-state index contributed by atoms with van der Waals surface area (Å²) in [5.74, 6) is 0.896. The highest BCUT2D eigenvalue weighted by atomic mass is 32.1. The van der Waals surface area contributed by atoms with Crippen molar-refractivity contribution in [2.24, 2.45) is 5.92 Å². The molecule has 0 amide bonds. The van der Waals surface area contributed by atoms with Gasteiger partial charge in [-0.3, -0.25) is 0 Å². The predicted octanol–water partition coefficient (Wildman–Crippen LogP) is 3.37. The van der Waals surface area contributed by atoms with E-state index in [-0.39, 0.29) is 0 Å². The van der Waals surface area contributed by atoms with Gasteiger partial charge in [-0.2, -0.15) is 0 Å². The minimum Gasteiger partial charge on any atom is -0.313 e. The van der Waals surface area contributed by atoms with Gasteiger partial charge < -0.3 is 5.32 Å². The Labute approximate surface area is 96.9 Å². The summed E-state index contributed by atoms with van der Waals surface area (Å²) in [4.78, 5) is 1.65. The molecular weight excluding hydrogens is 202 g/mol. The van der Waals surface area contributed by atoms with E-state index in [0.717, 1.165) is 19.0 Å². The van der Waals surface area contributed by atoms with Crippen LogP contribution in [-0.2, 0) is 19.4 Å². The van der Waals surface area contributed by atoms with Gasteiger partial charge in [-0.1, -0.05) is 13.8 Å². The standard InChI is InChI=1S/C13H21NS/c1-3-6-14-8-11-9-15-13-7-10(2)4-5-12(11)13/h9-10,14H,3-8H2,1-2H3. The van der Waals surface area contributed by atoms with E-state index in [4.69, 9.17) is 0 Å². The fourth-order valence-electron chi connectivity index (χ4n) is 2.29. The molecule has 0 radical (unpaired) electrons. The van der Waals surface area contributed by atoms with E-state index in [1.807, 2.05) is 11.3 Å². The summed E-state index contributed by atoms with van der Waals surface area (Å²) in [5, 5.41) is 5.87. The molecule has 1 aromatic rings. The lowest BCUT2D eigenvalue weighted by molar-refractivity contribution is 0.504. The van der Waals surface area contributed by atoms with Gasteiger partial charge in [0.2, 0.25) is 0 Å². The van der Waals surface area contributed by atoms with Gasteiger partial charge in [0.1, 0.15) is 0 Å². The Morgan fingerprint density at radius 3 is 3.20 bits per heavy atom. The Morgan fingerprint density at radius 1 is 1.53 bits per heavy atom. The van der Waals surface area contributed by atoms with Crippen molar-refractivity contribution in [2.45, 2.75) is 46.1 Å². The highest BCUT2D eigenvalue weighted by Crippen LogP contribution is 2.32. The summed E-state index contributed by atoms with van der Waals surface area (Å²) in [6.07, 6.45) is 5.23. The Bertz CT molecular complexity index is 316. The maximum atomic E-state index is 3.51. The van der Waals surface area contributed by atoms with Crippen LogP contribution in [0.5, 0.6) is 0 Å². The van der Waals surface area contributed by atoms with E-state index in [2.05, 4.69) is 24.5 Å². The van der Waals surface area contributed by atoms with Crippen LogP contribution in [0.15, 0.2) is 5.38 Å². The predicted molar refractivity (Wildman–Crippen MR) is 67.5 cm³/mol. The first-order valence-corrected chi connectivity index (χ1v) is 6.98. The molecule has 1 aliphatic carbocycles. The van der Waals surface area contributed by atoms with Crippen molar-refractivity contribution >= 4 is 11.3 Å². The van der Waals surface area contributed by atoms with E-state index < -0.39 is 0 Å². The Morgan fingerprint density at radius 2 is 2.40 bits per heavy atom. The minimum absolute atomic E-state index is 0.896. The van der Waals surface area contributed by atoms with Gasteiger partial charge in [0, 0.05) is 11.4 Å². The van der Waals surface area contributed by atoms with Crippen molar-refractivity contribution in [3.63, 3.8) is 0 Å². The van der Waals surface area contributed by atoms with E-state index in [0.29, 0.717) is 0 Å². The molecule has 2 heteroatoms. The molecule has 0 aliphatic heterocycles. The van der Waals surface area contributed by atoms with Gasteiger partial charge in [0.25, 0.3) is 0 Å². The molecule has 1 nitrogen and oxygen atoms in total. The lowest BCUT2D eigenvalue weighted by Gasteiger charge is -2.19. The summed E-state index contributed by atoms with van der Waals surface area (Å²) < 4.78 is 0. The third kappa shape index (κ3) is 2.61. The van der Waals surface area contributed by atoms with Gasteiger partial charge in [-0.25, -0.2) is 0 Å². The van der Waals surface area contributed by atoms with E-state index >= 15 is 0 Å².